The molecule has 1 aliphatic rings. The number of nitrogens with one attached hydrogen (secondary N) is 1. The number of halogens is 1. The van der Waals surface area contributed by atoms with E-state index in [1.165, 1.54) is 4.88 Å². The van der Waals surface area contributed by atoms with Crippen LogP contribution in [0.5, 0.6) is 0 Å². The van der Waals surface area contributed by atoms with Crippen molar-refractivity contribution in [2.24, 2.45) is 0 Å². The molecule has 1 N–H and O–H groups in total. The fourth-order valence-corrected chi connectivity index (χ4v) is 3.59. The highest BCUT2D eigenvalue weighted by atomic mass is 35.5. The second-order valence-corrected chi connectivity index (χ2v) is 6.40. The molecule has 1 fully saturated rings. The Bertz CT molecular complexity index is 415. The topological polar surface area (TPSA) is 32.3 Å². The molecule has 19 heavy (non-hydrogen) atoms. The molecule has 106 valence electrons. The molecule has 1 aromatic heterocycles. The van der Waals surface area contributed by atoms with E-state index >= 15 is 0 Å². The van der Waals surface area contributed by atoms with Gasteiger partial charge in [-0.3, -0.25) is 4.79 Å². The molecule has 1 unspecified atom stereocenters. The lowest BCUT2D eigenvalue weighted by Crippen LogP contribution is -2.42. The largest absolute Gasteiger partial charge is 0.338 e. The van der Waals surface area contributed by atoms with Crippen LogP contribution in [0.4, 0.5) is 0 Å². The van der Waals surface area contributed by atoms with Gasteiger partial charge in [-0.1, -0.05) is 18.5 Å². The average molecular weight is 301 g/mol. The molecule has 0 aromatic carbocycles. The Morgan fingerprint density at radius 1 is 1.63 bits per heavy atom. The second-order valence-electron chi connectivity index (χ2n) is 4.96. The van der Waals surface area contributed by atoms with E-state index in [4.69, 9.17) is 11.6 Å². The van der Waals surface area contributed by atoms with E-state index in [0.717, 1.165) is 43.9 Å². The molecule has 1 amide bonds. The van der Waals surface area contributed by atoms with Crippen LogP contribution in [-0.2, 0) is 11.2 Å². The first-order valence-electron chi connectivity index (χ1n) is 6.93. The summed E-state index contributed by atoms with van der Waals surface area (Å²) in [6.45, 7) is 4.97. The summed E-state index contributed by atoms with van der Waals surface area (Å²) >= 11 is 7.53. The van der Waals surface area contributed by atoms with Crippen LogP contribution in [0.3, 0.4) is 0 Å². The van der Waals surface area contributed by atoms with Crippen molar-refractivity contribution in [3.63, 3.8) is 0 Å². The number of aryl methyl sites for hydroxylation is 1. The highest BCUT2D eigenvalue weighted by Gasteiger charge is 2.25. The maximum absolute atomic E-state index is 12.4. The van der Waals surface area contributed by atoms with E-state index in [1.807, 2.05) is 11.4 Å². The van der Waals surface area contributed by atoms with E-state index in [0.29, 0.717) is 12.5 Å². The van der Waals surface area contributed by atoms with Gasteiger partial charge in [0.05, 0.1) is 5.02 Å². The molecule has 1 atom stereocenters. The van der Waals surface area contributed by atoms with Gasteiger partial charge in [-0.05, 0) is 31.9 Å². The van der Waals surface area contributed by atoms with Gasteiger partial charge < -0.3 is 10.2 Å². The molecule has 0 radical (unpaired) electrons. The third-order valence-electron chi connectivity index (χ3n) is 3.47. The lowest BCUT2D eigenvalue weighted by atomic mass is 10.1. The van der Waals surface area contributed by atoms with Gasteiger partial charge in [0.2, 0.25) is 5.91 Å². The van der Waals surface area contributed by atoms with Gasteiger partial charge in [-0.25, -0.2) is 0 Å². The lowest BCUT2D eigenvalue weighted by Gasteiger charge is -2.28. The zero-order valence-corrected chi connectivity index (χ0v) is 12.9. The number of hydrogen-bond acceptors (Lipinski definition) is 3. The minimum absolute atomic E-state index is 0.278. The lowest BCUT2D eigenvalue weighted by molar-refractivity contribution is -0.133. The van der Waals surface area contributed by atoms with E-state index in [-0.39, 0.29) is 5.91 Å². The van der Waals surface area contributed by atoms with Crippen molar-refractivity contribution >= 4 is 28.8 Å². The van der Waals surface area contributed by atoms with E-state index in [9.17, 15) is 4.79 Å². The number of carbonyl (C=O) groups excluding carboxylic acids is 1. The summed E-state index contributed by atoms with van der Waals surface area (Å²) < 4.78 is 0. The normalized spacial score (nSPS) is 18.7. The van der Waals surface area contributed by atoms with Crippen molar-refractivity contribution in [1.82, 2.24) is 10.2 Å². The van der Waals surface area contributed by atoms with Crippen molar-refractivity contribution in [3.8, 4) is 0 Å². The van der Waals surface area contributed by atoms with Gasteiger partial charge in [0.1, 0.15) is 0 Å². The van der Waals surface area contributed by atoms with E-state index in [2.05, 4.69) is 17.1 Å². The summed E-state index contributed by atoms with van der Waals surface area (Å²) in [5.74, 6) is 0.278. The smallest absolute Gasteiger partial charge is 0.223 e. The summed E-state index contributed by atoms with van der Waals surface area (Å²) in [7, 11) is 0. The summed E-state index contributed by atoms with van der Waals surface area (Å²) in [6.07, 6.45) is 3.49. The van der Waals surface area contributed by atoms with Crippen molar-refractivity contribution in [3.05, 3.63) is 21.3 Å². The van der Waals surface area contributed by atoms with Gasteiger partial charge in [-0.2, -0.15) is 0 Å². The number of thiophene rings is 1. The maximum atomic E-state index is 12.4. The van der Waals surface area contributed by atoms with Crippen molar-refractivity contribution in [2.75, 3.05) is 19.6 Å². The summed E-state index contributed by atoms with van der Waals surface area (Å²) in [5.41, 5.74) is 0. The van der Waals surface area contributed by atoms with Crippen molar-refractivity contribution < 1.29 is 4.79 Å². The predicted molar refractivity (Wildman–Crippen MR) is 80.9 cm³/mol. The van der Waals surface area contributed by atoms with Crippen LogP contribution < -0.4 is 5.32 Å². The Balaban J connectivity index is 1.87. The highest BCUT2D eigenvalue weighted by Crippen LogP contribution is 2.21. The van der Waals surface area contributed by atoms with Gasteiger partial charge in [-0.15, -0.1) is 11.3 Å². The fraction of sp³-hybridized carbons (Fsp3) is 0.643. The zero-order valence-electron chi connectivity index (χ0n) is 11.3. The minimum atomic E-state index is 0.278. The highest BCUT2D eigenvalue weighted by molar-refractivity contribution is 7.10. The van der Waals surface area contributed by atoms with Crippen LogP contribution in [0.1, 0.15) is 31.1 Å². The first-order valence-corrected chi connectivity index (χ1v) is 8.19. The first-order chi connectivity index (χ1) is 9.20. The van der Waals surface area contributed by atoms with Gasteiger partial charge in [0.25, 0.3) is 0 Å². The first kappa shape index (κ1) is 14.8. The Morgan fingerprint density at radius 2 is 2.47 bits per heavy atom. The molecule has 2 heterocycles. The molecule has 3 nitrogen and oxygen atoms in total. The zero-order chi connectivity index (χ0) is 13.7. The number of nitrogens with zero attached hydrogens (tertiary/aromatic N) is 1. The standard InChI is InChI=1S/C14H21ClN2OS/c1-2-7-17(12-5-6-16-9-12)14(18)4-3-13-8-11(15)10-19-13/h8,10,12,16H,2-7,9H2,1H3. The Kier molecular flexibility index (Phi) is 5.67. The van der Waals surface area contributed by atoms with Crippen molar-refractivity contribution in [2.45, 2.75) is 38.6 Å². The number of carbonyl (C=O) groups is 1. The molecule has 0 bridgehead atoms. The molecule has 1 aliphatic heterocycles. The van der Waals surface area contributed by atoms with Crippen LogP contribution in [-0.4, -0.2) is 36.5 Å². The van der Waals surface area contributed by atoms with Gasteiger partial charge in [0, 0.05) is 35.8 Å². The number of amides is 1. The van der Waals surface area contributed by atoms with Gasteiger partial charge >= 0.3 is 0 Å². The monoisotopic (exact) mass is 300 g/mol. The third-order valence-corrected chi connectivity index (χ3v) is 4.81. The summed E-state index contributed by atoms with van der Waals surface area (Å²) in [6, 6.07) is 2.35. The molecular weight excluding hydrogens is 280 g/mol. The molecule has 1 saturated heterocycles. The quantitative estimate of drug-likeness (QED) is 0.876. The molecule has 2 rings (SSSR count). The van der Waals surface area contributed by atoms with Crippen LogP contribution in [0, 0.1) is 0 Å². The van der Waals surface area contributed by atoms with Crippen LogP contribution in [0.2, 0.25) is 5.02 Å². The third kappa shape index (κ3) is 4.20. The number of hydrogen-bond donors (Lipinski definition) is 1. The fourth-order valence-electron chi connectivity index (χ4n) is 2.52. The van der Waals surface area contributed by atoms with E-state index in [1.54, 1.807) is 11.3 Å². The van der Waals surface area contributed by atoms with Gasteiger partial charge in [0.15, 0.2) is 0 Å². The van der Waals surface area contributed by atoms with Crippen LogP contribution in [0.15, 0.2) is 11.4 Å². The van der Waals surface area contributed by atoms with Crippen LogP contribution >= 0.6 is 22.9 Å². The summed E-state index contributed by atoms with van der Waals surface area (Å²) in [4.78, 5) is 15.6. The molecule has 5 heteroatoms. The predicted octanol–water partition coefficient (Wildman–Crippen LogP) is 2.93. The average Bonchev–Trinajstić information content (AvgIpc) is 3.04. The Morgan fingerprint density at radius 3 is 3.05 bits per heavy atom. The Hall–Kier alpha value is -0.580. The maximum Gasteiger partial charge on any atom is 0.223 e. The number of rotatable bonds is 6. The van der Waals surface area contributed by atoms with E-state index < -0.39 is 0 Å². The molecule has 0 spiro atoms. The molecule has 0 aliphatic carbocycles. The molecular formula is C14H21ClN2OS. The van der Waals surface area contributed by atoms with Crippen LogP contribution in [0.25, 0.3) is 0 Å². The summed E-state index contributed by atoms with van der Waals surface area (Å²) in [5, 5.41) is 6.03. The second kappa shape index (κ2) is 7.27. The minimum Gasteiger partial charge on any atom is -0.338 e. The molecule has 0 saturated carbocycles. The Labute approximate surface area is 123 Å². The van der Waals surface area contributed by atoms with Crippen molar-refractivity contribution in [1.29, 1.82) is 0 Å². The molecule has 1 aromatic rings. The SMILES string of the molecule is CCCN(C(=O)CCc1cc(Cl)cs1)C1CCNC1.